The average molecular weight is 228 g/mol. The maximum Gasteiger partial charge on any atom is 0.220 e. The van der Waals surface area contributed by atoms with Crippen molar-refractivity contribution in [2.75, 3.05) is 19.6 Å². The molecule has 1 saturated heterocycles. The Bertz CT molecular complexity index is 201. The standard InChI is InChI=1S/C12H24N2O2/c1-10(15)3-2-7-14-12(16)5-4-11-6-8-13-9-11/h10-11,13,15H,2-9H2,1H3,(H,14,16). The van der Waals surface area contributed by atoms with Crippen LogP contribution in [0.25, 0.3) is 0 Å². The summed E-state index contributed by atoms with van der Waals surface area (Å²) in [6.45, 7) is 4.62. The second-order valence-corrected chi connectivity index (χ2v) is 4.74. The van der Waals surface area contributed by atoms with Crippen molar-refractivity contribution in [1.29, 1.82) is 0 Å². The Balaban J connectivity index is 1.94. The smallest absolute Gasteiger partial charge is 0.220 e. The van der Waals surface area contributed by atoms with Gasteiger partial charge in [0, 0.05) is 13.0 Å². The van der Waals surface area contributed by atoms with Crippen LogP contribution >= 0.6 is 0 Å². The Morgan fingerprint density at radius 1 is 1.62 bits per heavy atom. The van der Waals surface area contributed by atoms with Crippen molar-refractivity contribution in [3.63, 3.8) is 0 Å². The number of aliphatic hydroxyl groups excluding tert-OH is 1. The molecule has 1 amide bonds. The molecule has 0 spiro atoms. The van der Waals surface area contributed by atoms with Crippen molar-refractivity contribution in [3.8, 4) is 0 Å². The maximum atomic E-state index is 11.5. The predicted octanol–water partition coefficient (Wildman–Crippen LogP) is 0.653. The van der Waals surface area contributed by atoms with Gasteiger partial charge in [-0.2, -0.15) is 0 Å². The molecule has 94 valence electrons. The first kappa shape index (κ1) is 13.5. The van der Waals surface area contributed by atoms with Gasteiger partial charge in [-0.1, -0.05) is 0 Å². The summed E-state index contributed by atoms with van der Waals surface area (Å²) in [6, 6.07) is 0. The normalized spacial score (nSPS) is 22.0. The fourth-order valence-corrected chi connectivity index (χ4v) is 2.01. The number of aliphatic hydroxyl groups is 1. The van der Waals surface area contributed by atoms with Gasteiger partial charge in [0.25, 0.3) is 0 Å². The molecule has 0 aromatic heterocycles. The lowest BCUT2D eigenvalue weighted by molar-refractivity contribution is -0.121. The monoisotopic (exact) mass is 228 g/mol. The molecule has 0 radical (unpaired) electrons. The first-order chi connectivity index (χ1) is 7.68. The minimum absolute atomic E-state index is 0.150. The van der Waals surface area contributed by atoms with Gasteiger partial charge >= 0.3 is 0 Å². The first-order valence-electron chi connectivity index (χ1n) is 6.34. The topological polar surface area (TPSA) is 61.4 Å². The molecule has 1 aliphatic heterocycles. The van der Waals surface area contributed by atoms with Gasteiger partial charge in [-0.15, -0.1) is 0 Å². The number of carbonyl (C=O) groups is 1. The summed E-state index contributed by atoms with van der Waals surface area (Å²) in [5.74, 6) is 0.834. The van der Waals surface area contributed by atoms with Crippen molar-refractivity contribution in [3.05, 3.63) is 0 Å². The SMILES string of the molecule is CC(O)CCCNC(=O)CCC1CCNC1. The van der Waals surface area contributed by atoms with Crippen molar-refractivity contribution >= 4 is 5.91 Å². The minimum Gasteiger partial charge on any atom is -0.393 e. The summed E-state index contributed by atoms with van der Waals surface area (Å²) in [5.41, 5.74) is 0. The number of hydrogen-bond acceptors (Lipinski definition) is 3. The van der Waals surface area contributed by atoms with E-state index in [1.165, 1.54) is 6.42 Å². The molecule has 0 aromatic rings. The first-order valence-corrected chi connectivity index (χ1v) is 6.34. The zero-order valence-electron chi connectivity index (χ0n) is 10.2. The van der Waals surface area contributed by atoms with E-state index in [1.54, 1.807) is 6.92 Å². The second-order valence-electron chi connectivity index (χ2n) is 4.74. The summed E-state index contributed by atoms with van der Waals surface area (Å²) in [6.07, 6.45) is 4.19. The van der Waals surface area contributed by atoms with Crippen LogP contribution in [0.1, 0.15) is 39.0 Å². The third kappa shape index (κ3) is 6.08. The predicted molar refractivity (Wildman–Crippen MR) is 64.1 cm³/mol. The fourth-order valence-electron chi connectivity index (χ4n) is 2.01. The van der Waals surface area contributed by atoms with E-state index in [0.29, 0.717) is 18.9 Å². The van der Waals surface area contributed by atoms with E-state index < -0.39 is 0 Å². The molecule has 0 aliphatic carbocycles. The van der Waals surface area contributed by atoms with Gasteiger partial charge < -0.3 is 15.7 Å². The lowest BCUT2D eigenvalue weighted by atomic mass is 10.0. The van der Waals surface area contributed by atoms with Crippen LogP contribution in [0.3, 0.4) is 0 Å². The Kier molecular flexibility index (Phi) is 6.42. The van der Waals surface area contributed by atoms with Gasteiger partial charge in [0.15, 0.2) is 0 Å². The quantitative estimate of drug-likeness (QED) is 0.561. The van der Waals surface area contributed by atoms with Crippen molar-refractivity contribution < 1.29 is 9.90 Å². The van der Waals surface area contributed by atoms with Crippen LogP contribution in [-0.2, 0) is 4.79 Å². The van der Waals surface area contributed by atoms with Gasteiger partial charge in [-0.05, 0) is 51.6 Å². The molecule has 1 fully saturated rings. The van der Waals surface area contributed by atoms with Crippen molar-refractivity contribution in [2.45, 2.75) is 45.1 Å². The number of carbonyl (C=O) groups excluding carboxylic acids is 1. The van der Waals surface area contributed by atoms with E-state index in [1.807, 2.05) is 0 Å². The zero-order valence-corrected chi connectivity index (χ0v) is 10.2. The summed E-state index contributed by atoms with van der Waals surface area (Å²) in [5, 5.41) is 15.2. The van der Waals surface area contributed by atoms with Crippen LogP contribution in [-0.4, -0.2) is 36.8 Å². The molecule has 2 atom stereocenters. The number of nitrogens with one attached hydrogen (secondary N) is 2. The zero-order chi connectivity index (χ0) is 11.8. The molecule has 1 rings (SSSR count). The molecule has 1 heterocycles. The number of hydrogen-bond donors (Lipinski definition) is 3. The van der Waals surface area contributed by atoms with Crippen LogP contribution in [0, 0.1) is 5.92 Å². The van der Waals surface area contributed by atoms with E-state index in [2.05, 4.69) is 10.6 Å². The van der Waals surface area contributed by atoms with E-state index in [0.717, 1.165) is 32.4 Å². The highest BCUT2D eigenvalue weighted by atomic mass is 16.3. The Labute approximate surface area is 97.8 Å². The molecule has 4 heteroatoms. The third-order valence-electron chi connectivity index (χ3n) is 3.06. The van der Waals surface area contributed by atoms with Gasteiger partial charge in [0.2, 0.25) is 5.91 Å². The Morgan fingerprint density at radius 3 is 3.06 bits per heavy atom. The van der Waals surface area contributed by atoms with E-state index >= 15 is 0 Å². The largest absolute Gasteiger partial charge is 0.393 e. The molecule has 0 aromatic carbocycles. The van der Waals surface area contributed by atoms with E-state index in [4.69, 9.17) is 5.11 Å². The highest BCUT2D eigenvalue weighted by Crippen LogP contribution is 2.13. The molecular weight excluding hydrogens is 204 g/mol. The van der Waals surface area contributed by atoms with Gasteiger partial charge in [-0.25, -0.2) is 0 Å². The molecular formula is C12H24N2O2. The lowest BCUT2D eigenvalue weighted by Gasteiger charge is -2.09. The summed E-state index contributed by atoms with van der Waals surface area (Å²) >= 11 is 0. The number of rotatable bonds is 7. The van der Waals surface area contributed by atoms with Crippen LogP contribution in [0.15, 0.2) is 0 Å². The molecule has 2 unspecified atom stereocenters. The van der Waals surface area contributed by atoms with E-state index in [9.17, 15) is 4.79 Å². The van der Waals surface area contributed by atoms with Gasteiger partial charge in [-0.3, -0.25) is 4.79 Å². The van der Waals surface area contributed by atoms with Crippen LogP contribution in [0.4, 0.5) is 0 Å². The molecule has 1 aliphatic rings. The van der Waals surface area contributed by atoms with E-state index in [-0.39, 0.29) is 12.0 Å². The summed E-state index contributed by atoms with van der Waals surface area (Å²) < 4.78 is 0. The lowest BCUT2D eigenvalue weighted by Crippen LogP contribution is -2.25. The third-order valence-corrected chi connectivity index (χ3v) is 3.06. The van der Waals surface area contributed by atoms with Crippen LogP contribution in [0.2, 0.25) is 0 Å². The Hall–Kier alpha value is -0.610. The molecule has 16 heavy (non-hydrogen) atoms. The fraction of sp³-hybridized carbons (Fsp3) is 0.917. The van der Waals surface area contributed by atoms with Crippen LogP contribution in [0.5, 0.6) is 0 Å². The van der Waals surface area contributed by atoms with Gasteiger partial charge in [0.1, 0.15) is 0 Å². The van der Waals surface area contributed by atoms with Gasteiger partial charge in [0.05, 0.1) is 6.10 Å². The number of amides is 1. The highest BCUT2D eigenvalue weighted by molar-refractivity contribution is 5.75. The highest BCUT2D eigenvalue weighted by Gasteiger charge is 2.15. The molecule has 0 saturated carbocycles. The second kappa shape index (κ2) is 7.63. The summed E-state index contributed by atoms with van der Waals surface area (Å²) in [4.78, 5) is 11.5. The molecule has 3 N–H and O–H groups in total. The molecule has 0 bridgehead atoms. The van der Waals surface area contributed by atoms with Crippen molar-refractivity contribution in [1.82, 2.24) is 10.6 Å². The minimum atomic E-state index is -0.263. The molecule has 4 nitrogen and oxygen atoms in total. The Morgan fingerprint density at radius 2 is 2.44 bits per heavy atom. The maximum absolute atomic E-state index is 11.5. The summed E-state index contributed by atoms with van der Waals surface area (Å²) in [7, 11) is 0. The van der Waals surface area contributed by atoms with Crippen molar-refractivity contribution in [2.24, 2.45) is 5.92 Å². The average Bonchev–Trinajstić information content (AvgIpc) is 2.74. The van der Waals surface area contributed by atoms with Crippen LogP contribution < -0.4 is 10.6 Å².